The van der Waals surface area contributed by atoms with E-state index in [4.69, 9.17) is 5.11 Å². The number of amides is 1. The molecule has 0 unspecified atom stereocenters. The number of rotatable bonds is 6. The largest absolute Gasteiger partial charge is 0.480 e. The number of hydrogen-bond donors (Lipinski definition) is 2. The summed E-state index contributed by atoms with van der Waals surface area (Å²) in [6, 6.07) is 1.11. The highest BCUT2D eigenvalue weighted by Gasteiger charge is 2.23. The molecule has 21 heavy (non-hydrogen) atoms. The van der Waals surface area contributed by atoms with Crippen molar-refractivity contribution in [1.29, 1.82) is 0 Å². The average Bonchev–Trinajstić information content (AvgIpc) is 3.05. The number of nitrogens with one attached hydrogen (secondary N) is 1. The van der Waals surface area contributed by atoms with E-state index in [-0.39, 0.29) is 18.2 Å². The Hall–Kier alpha value is -1.73. The van der Waals surface area contributed by atoms with Gasteiger partial charge in [-0.2, -0.15) is 11.3 Å². The summed E-state index contributed by atoms with van der Waals surface area (Å²) in [6.07, 6.45) is 0.0944. The van der Waals surface area contributed by atoms with Gasteiger partial charge < -0.3 is 10.4 Å². The molecule has 112 valence electrons. The second-order valence-corrected chi connectivity index (χ2v) is 6.60. The Balaban J connectivity index is 1.98. The number of thiazole rings is 1. The van der Waals surface area contributed by atoms with E-state index in [1.807, 2.05) is 22.2 Å². The van der Waals surface area contributed by atoms with Crippen molar-refractivity contribution in [2.75, 3.05) is 0 Å². The first kappa shape index (κ1) is 15.7. The summed E-state index contributed by atoms with van der Waals surface area (Å²) in [5.41, 5.74) is 1.70. The standard InChI is InChI=1S/C14H16N2O3S2/c1-8(2)12(14(18)19)16-11(17)5-10-7-21-13(15-10)9-3-4-20-6-9/h3-4,6-8,12H,5H2,1-2H3,(H,16,17)(H,18,19)/t12-/m0/s1. The molecule has 7 heteroatoms. The van der Waals surface area contributed by atoms with Gasteiger partial charge in [-0.15, -0.1) is 11.3 Å². The number of aliphatic carboxylic acids is 1. The van der Waals surface area contributed by atoms with Gasteiger partial charge in [0.15, 0.2) is 0 Å². The third kappa shape index (κ3) is 4.12. The summed E-state index contributed by atoms with van der Waals surface area (Å²) in [7, 11) is 0. The van der Waals surface area contributed by atoms with Gasteiger partial charge in [0.2, 0.25) is 5.91 Å². The predicted molar refractivity (Wildman–Crippen MR) is 83.5 cm³/mol. The normalized spacial score (nSPS) is 12.3. The number of carboxylic acid groups (broad SMARTS) is 1. The van der Waals surface area contributed by atoms with Crippen LogP contribution in [-0.4, -0.2) is 28.0 Å². The second kappa shape index (κ2) is 6.82. The van der Waals surface area contributed by atoms with Crippen molar-refractivity contribution in [3.63, 3.8) is 0 Å². The number of carbonyl (C=O) groups is 2. The van der Waals surface area contributed by atoms with E-state index < -0.39 is 12.0 Å². The Morgan fingerprint density at radius 2 is 2.14 bits per heavy atom. The molecule has 2 rings (SSSR count). The highest BCUT2D eigenvalue weighted by atomic mass is 32.1. The SMILES string of the molecule is CC(C)[C@H](NC(=O)Cc1csc(-c2ccsc2)n1)C(=O)O. The van der Waals surface area contributed by atoms with Crippen LogP contribution in [0.1, 0.15) is 19.5 Å². The van der Waals surface area contributed by atoms with E-state index >= 15 is 0 Å². The Labute approximate surface area is 130 Å². The third-order valence-electron chi connectivity index (χ3n) is 2.91. The van der Waals surface area contributed by atoms with Crippen molar-refractivity contribution in [2.45, 2.75) is 26.3 Å². The quantitative estimate of drug-likeness (QED) is 0.856. The Bertz CT molecular complexity index is 620. The topological polar surface area (TPSA) is 79.3 Å². The molecule has 0 spiro atoms. The van der Waals surface area contributed by atoms with Crippen LogP contribution in [0, 0.1) is 5.92 Å². The van der Waals surface area contributed by atoms with Gasteiger partial charge in [-0.05, 0) is 17.4 Å². The predicted octanol–water partition coefficient (Wildman–Crippen LogP) is 2.64. The highest BCUT2D eigenvalue weighted by Crippen LogP contribution is 2.25. The van der Waals surface area contributed by atoms with Crippen LogP contribution in [0.2, 0.25) is 0 Å². The lowest BCUT2D eigenvalue weighted by Gasteiger charge is -2.17. The average molecular weight is 324 g/mol. The number of carboxylic acids is 1. The van der Waals surface area contributed by atoms with E-state index in [1.165, 1.54) is 11.3 Å². The molecule has 1 atom stereocenters. The van der Waals surface area contributed by atoms with E-state index in [0.717, 1.165) is 10.6 Å². The molecule has 0 aromatic carbocycles. The zero-order chi connectivity index (χ0) is 15.4. The summed E-state index contributed by atoms with van der Waals surface area (Å²) < 4.78 is 0. The molecule has 0 aliphatic rings. The van der Waals surface area contributed by atoms with Crippen LogP contribution in [0.4, 0.5) is 0 Å². The molecule has 0 radical (unpaired) electrons. The maximum atomic E-state index is 11.9. The number of carbonyl (C=O) groups excluding carboxylic acids is 1. The van der Waals surface area contributed by atoms with Gasteiger partial charge in [-0.3, -0.25) is 4.79 Å². The van der Waals surface area contributed by atoms with Crippen molar-refractivity contribution in [3.8, 4) is 10.6 Å². The fourth-order valence-corrected chi connectivity index (χ4v) is 3.34. The molecule has 2 N–H and O–H groups in total. The number of thiophene rings is 1. The Morgan fingerprint density at radius 1 is 1.38 bits per heavy atom. The zero-order valence-electron chi connectivity index (χ0n) is 11.7. The lowest BCUT2D eigenvalue weighted by molar-refractivity contribution is -0.143. The van der Waals surface area contributed by atoms with Crippen LogP contribution >= 0.6 is 22.7 Å². The molecule has 1 amide bonds. The molecular formula is C14H16N2O3S2. The Morgan fingerprint density at radius 3 is 2.71 bits per heavy atom. The fourth-order valence-electron chi connectivity index (χ4n) is 1.81. The molecule has 5 nitrogen and oxygen atoms in total. The Kier molecular flexibility index (Phi) is 5.08. The molecule has 0 bridgehead atoms. The maximum absolute atomic E-state index is 11.9. The van der Waals surface area contributed by atoms with Crippen LogP contribution in [-0.2, 0) is 16.0 Å². The first-order valence-corrected chi connectivity index (χ1v) is 8.28. The van der Waals surface area contributed by atoms with Gasteiger partial charge in [0.05, 0.1) is 12.1 Å². The molecule has 0 saturated heterocycles. The van der Waals surface area contributed by atoms with E-state index in [9.17, 15) is 9.59 Å². The van der Waals surface area contributed by atoms with Crippen molar-refractivity contribution < 1.29 is 14.7 Å². The van der Waals surface area contributed by atoms with E-state index in [2.05, 4.69) is 10.3 Å². The van der Waals surface area contributed by atoms with Crippen LogP contribution < -0.4 is 5.32 Å². The zero-order valence-corrected chi connectivity index (χ0v) is 13.3. The number of nitrogens with zero attached hydrogens (tertiary/aromatic N) is 1. The van der Waals surface area contributed by atoms with E-state index in [1.54, 1.807) is 25.2 Å². The van der Waals surface area contributed by atoms with Crippen molar-refractivity contribution in [2.24, 2.45) is 5.92 Å². The van der Waals surface area contributed by atoms with Crippen LogP contribution in [0.15, 0.2) is 22.2 Å². The molecular weight excluding hydrogens is 308 g/mol. The lowest BCUT2D eigenvalue weighted by atomic mass is 10.0. The van der Waals surface area contributed by atoms with Crippen molar-refractivity contribution in [1.82, 2.24) is 10.3 Å². The van der Waals surface area contributed by atoms with Gasteiger partial charge in [0.25, 0.3) is 0 Å². The van der Waals surface area contributed by atoms with Gasteiger partial charge in [-0.25, -0.2) is 9.78 Å². The smallest absolute Gasteiger partial charge is 0.326 e. The molecule has 0 saturated carbocycles. The first-order valence-electron chi connectivity index (χ1n) is 6.46. The molecule has 2 heterocycles. The summed E-state index contributed by atoms with van der Waals surface area (Å²) in [5.74, 6) is -1.50. The van der Waals surface area contributed by atoms with Crippen LogP contribution in [0.25, 0.3) is 10.6 Å². The minimum Gasteiger partial charge on any atom is -0.480 e. The van der Waals surface area contributed by atoms with Gasteiger partial charge in [0, 0.05) is 16.3 Å². The fraction of sp³-hybridized carbons (Fsp3) is 0.357. The van der Waals surface area contributed by atoms with Gasteiger partial charge >= 0.3 is 5.97 Å². The van der Waals surface area contributed by atoms with Crippen molar-refractivity contribution in [3.05, 3.63) is 27.9 Å². The highest BCUT2D eigenvalue weighted by molar-refractivity contribution is 7.14. The minimum atomic E-state index is -1.02. The van der Waals surface area contributed by atoms with Gasteiger partial charge in [-0.1, -0.05) is 13.8 Å². The molecule has 2 aromatic rings. The van der Waals surface area contributed by atoms with Crippen molar-refractivity contribution >= 4 is 34.6 Å². The number of hydrogen-bond acceptors (Lipinski definition) is 5. The maximum Gasteiger partial charge on any atom is 0.326 e. The second-order valence-electron chi connectivity index (χ2n) is 4.96. The minimum absolute atomic E-state index is 0.0944. The van der Waals surface area contributed by atoms with Gasteiger partial charge in [0.1, 0.15) is 11.0 Å². The first-order chi connectivity index (χ1) is 9.97. The summed E-state index contributed by atoms with van der Waals surface area (Å²) in [6.45, 7) is 3.52. The monoisotopic (exact) mass is 324 g/mol. The van der Waals surface area contributed by atoms with Crippen LogP contribution in [0.5, 0.6) is 0 Å². The van der Waals surface area contributed by atoms with E-state index in [0.29, 0.717) is 5.69 Å². The molecule has 0 aliphatic heterocycles. The summed E-state index contributed by atoms with van der Waals surface area (Å²) >= 11 is 3.07. The van der Waals surface area contributed by atoms with Crippen LogP contribution in [0.3, 0.4) is 0 Å². The summed E-state index contributed by atoms with van der Waals surface area (Å²) in [4.78, 5) is 27.4. The lowest BCUT2D eigenvalue weighted by Crippen LogP contribution is -2.44. The molecule has 0 aliphatic carbocycles. The molecule has 0 fully saturated rings. The molecule has 2 aromatic heterocycles. The third-order valence-corrected chi connectivity index (χ3v) is 4.53. The number of aromatic nitrogens is 1. The summed E-state index contributed by atoms with van der Waals surface area (Å²) in [5, 5.41) is 18.3.